The highest BCUT2D eigenvalue weighted by atomic mass is 16.5. The smallest absolute Gasteiger partial charge is 0.124 e. The number of hydrogen-bond acceptors (Lipinski definition) is 4. The molecule has 0 amide bonds. The summed E-state index contributed by atoms with van der Waals surface area (Å²) in [6.07, 6.45) is 9.97. The summed E-state index contributed by atoms with van der Waals surface area (Å²) in [5.41, 5.74) is 1.06. The van der Waals surface area contributed by atoms with Gasteiger partial charge in [-0.2, -0.15) is 0 Å². The summed E-state index contributed by atoms with van der Waals surface area (Å²) in [5, 5.41) is 7.89. The fourth-order valence-electron chi connectivity index (χ4n) is 3.86. The Morgan fingerprint density at radius 3 is 2.90 bits per heavy atom. The number of aromatic nitrogens is 1. The molecule has 2 fully saturated rings. The Morgan fingerprint density at radius 2 is 2.20 bits per heavy atom. The van der Waals surface area contributed by atoms with E-state index < -0.39 is 0 Å². The lowest BCUT2D eigenvalue weighted by Gasteiger charge is -2.43. The Kier molecular flexibility index (Phi) is 4.73. The summed E-state index contributed by atoms with van der Waals surface area (Å²) >= 11 is 0. The molecule has 1 aliphatic heterocycles. The Balaban J connectivity index is 1.62. The standard InChI is InChI=1S/C16H27N3O/c1-2-15-10-17-16(13-6-4-3-5-7-13)12-19(15)11-14-8-9-20-18-14/h8-9,13,15-17H,2-7,10-12H2,1H3. The first-order chi connectivity index (χ1) is 9.86. The molecular weight excluding hydrogens is 250 g/mol. The molecule has 1 saturated carbocycles. The van der Waals surface area contributed by atoms with Gasteiger partial charge in [0, 0.05) is 37.8 Å². The number of piperazine rings is 1. The molecule has 0 aromatic carbocycles. The maximum atomic E-state index is 4.98. The SMILES string of the molecule is CCC1CNC(C2CCCCC2)CN1Cc1ccon1. The van der Waals surface area contributed by atoms with E-state index in [9.17, 15) is 0 Å². The molecule has 2 atom stereocenters. The van der Waals surface area contributed by atoms with Crippen molar-refractivity contribution in [3.05, 3.63) is 18.0 Å². The Labute approximate surface area is 121 Å². The van der Waals surface area contributed by atoms with Crippen LogP contribution in [0.25, 0.3) is 0 Å². The third-order valence-corrected chi connectivity index (χ3v) is 5.11. The van der Waals surface area contributed by atoms with E-state index in [1.165, 1.54) is 38.5 Å². The lowest BCUT2D eigenvalue weighted by molar-refractivity contribution is 0.0853. The zero-order chi connectivity index (χ0) is 13.8. The summed E-state index contributed by atoms with van der Waals surface area (Å²) in [4.78, 5) is 2.60. The molecule has 1 saturated heterocycles. The van der Waals surface area contributed by atoms with Gasteiger partial charge in [-0.1, -0.05) is 31.3 Å². The van der Waals surface area contributed by atoms with Gasteiger partial charge in [-0.3, -0.25) is 4.90 Å². The van der Waals surface area contributed by atoms with Crippen LogP contribution in [0.5, 0.6) is 0 Å². The van der Waals surface area contributed by atoms with Gasteiger partial charge in [0.25, 0.3) is 0 Å². The molecular formula is C16H27N3O. The van der Waals surface area contributed by atoms with Gasteiger partial charge < -0.3 is 9.84 Å². The van der Waals surface area contributed by atoms with Crippen molar-refractivity contribution in [1.29, 1.82) is 0 Å². The van der Waals surface area contributed by atoms with Crippen LogP contribution < -0.4 is 5.32 Å². The Bertz CT molecular complexity index is 386. The minimum absolute atomic E-state index is 0.631. The van der Waals surface area contributed by atoms with Crippen molar-refractivity contribution >= 4 is 0 Å². The third kappa shape index (κ3) is 3.23. The van der Waals surface area contributed by atoms with Gasteiger partial charge in [-0.25, -0.2) is 0 Å². The van der Waals surface area contributed by atoms with Crippen molar-refractivity contribution in [2.45, 2.75) is 64.1 Å². The molecule has 1 aliphatic carbocycles. The second-order valence-corrected chi connectivity index (χ2v) is 6.40. The van der Waals surface area contributed by atoms with Gasteiger partial charge in [-0.05, 0) is 25.2 Å². The molecule has 1 aromatic rings. The third-order valence-electron chi connectivity index (χ3n) is 5.11. The quantitative estimate of drug-likeness (QED) is 0.919. The molecule has 20 heavy (non-hydrogen) atoms. The second-order valence-electron chi connectivity index (χ2n) is 6.40. The average molecular weight is 277 g/mol. The minimum atomic E-state index is 0.631. The molecule has 4 heteroatoms. The summed E-state index contributed by atoms with van der Waals surface area (Å²) in [6, 6.07) is 3.29. The van der Waals surface area contributed by atoms with E-state index in [4.69, 9.17) is 4.52 Å². The second kappa shape index (κ2) is 6.72. The maximum Gasteiger partial charge on any atom is 0.124 e. The zero-order valence-corrected chi connectivity index (χ0v) is 12.6. The number of rotatable bonds is 4. The lowest BCUT2D eigenvalue weighted by atomic mass is 9.82. The minimum Gasteiger partial charge on any atom is -0.364 e. The van der Waals surface area contributed by atoms with Gasteiger partial charge in [0.2, 0.25) is 0 Å². The molecule has 2 unspecified atom stereocenters. The van der Waals surface area contributed by atoms with Gasteiger partial charge >= 0.3 is 0 Å². The van der Waals surface area contributed by atoms with E-state index in [0.717, 1.165) is 31.2 Å². The summed E-state index contributed by atoms with van der Waals surface area (Å²) in [5.74, 6) is 0.876. The number of nitrogens with zero attached hydrogens (tertiary/aromatic N) is 2. The highest BCUT2D eigenvalue weighted by Gasteiger charge is 2.32. The highest BCUT2D eigenvalue weighted by molar-refractivity contribution is 4.98. The Morgan fingerprint density at radius 1 is 1.35 bits per heavy atom. The maximum absolute atomic E-state index is 4.98. The summed E-state index contributed by atoms with van der Waals surface area (Å²) < 4.78 is 4.98. The van der Waals surface area contributed by atoms with Gasteiger partial charge in [0.1, 0.15) is 6.26 Å². The summed E-state index contributed by atoms with van der Waals surface area (Å²) in [6.45, 7) is 5.49. The van der Waals surface area contributed by atoms with E-state index >= 15 is 0 Å². The average Bonchev–Trinajstić information content (AvgIpc) is 3.01. The first-order valence-electron chi connectivity index (χ1n) is 8.23. The monoisotopic (exact) mass is 277 g/mol. The molecule has 0 bridgehead atoms. The van der Waals surface area contributed by atoms with Crippen LogP contribution in [0.4, 0.5) is 0 Å². The molecule has 1 N–H and O–H groups in total. The van der Waals surface area contributed by atoms with Crippen molar-refractivity contribution in [2.75, 3.05) is 13.1 Å². The first-order valence-corrected chi connectivity index (χ1v) is 8.23. The van der Waals surface area contributed by atoms with Crippen LogP contribution in [0.15, 0.2) is 16.9 Å². The Hall–Kier alpha value is -0.870. The number of nitrogens with one attached hydrogen (secondary N) is 1. The van der Waals surface area contributed by atoms with Crippen molar-refractivity contribution in [3.63, 3.8) is 0 Å². The van der Waals surface area contributed by atoms with Gasteiger partial charge in [0.15, 0.2) is 0 Å². The van der Waals surface area contributed by atoms with Crippen LogP contribution in [0.3, 0.4) is 0 Å². The largest absolute Gasteiger partial charge is 0.364 e. The number of hydrogen-bond donors (Lipinski definition) is 1. The highest BCUT2D eigenvalue weighted by Crippen LogP contribution is 2.29. The molecule has 2 aliphatic rings. The molecule has 3 rings (SSSR count). The predicted octanol–water partition coefficient (Wildman–Crippen LogP) is 2.81. The normalized spacial score (nSPS) is 29.6. The molecule has 1 aromatic heterocycles. The van der Waals surface area contributed by atoms with E-state index in [1.807, 2.05) is 6.07 Å². The van der Waals surface area contributed by atoms with Crippen molar-refractivity contribution in [2.24, 2.45) is 5.92 Å². The van der Waals surface area contributed by atoms with Crippen LogP contribution in [0.1, 0.15) is 51.1 Å². The zero-order valence-electron chi connectivity index (χ0n) is 12.6. The van der Waals surface area contributed by atoms with E-state index in [0.29, 0.717) is 12.1 Å². The van der Waals surface area contributed by atoms with Crippen LogP contribution in [0, 0.1) is 5.92 Å². The fourth-order valence-corrected chi connectivity index (χ4v) is 3.86. The van der Waals surface area contributed by atoms with Crippen molar-refractivity contribution in [1.82, 2.24) is 15.4 Å². The lowest BCUT2D eigenvalue weighted by Crippen LogP contribution is -2.58. The van der Waals surface area contributed by atoms with Crippen molar-refractivity contribution in [3.8, 4) is 0 Å². The molecule has 2 heterocycles. The molecule has 0 radical (unpaired) electrons. The topological polar surface area (TPSA) is 41.3 Å². The molecule has 4 nitrogen and oxygen atoms in total. The fraction of sp³-hybridized carbons (Fsp3) is 0.812. The van der Waals surface area contributed by atoms with Gasteiger partial charge in [0.05, 0.1) is 5.69 Å². The van der Waals surface area contributed by atoms with Crippen LogP contribution in [-0.2, 0) is 6.54 Å². The van der Waals surface area contributed by atoms with E-state index in [-0.39, 0.29) is 0 Å². The van der Waals surface area contributed by atoms with Crippen LogP contribution in [-0.4, -0.2) is 35.2 Å². The molecule has 112 valence electrons. The van der Waals surface area contributed by atoms with Crippen LogP contribution in [0.2, 0.25) is 0 Å². The van der Waals surface area contributed by atoms with E-state index in [2.05, 4.69) is 22.3 Å². The molecule has 0 spiro atoms. The predicted molar refractivity (Wildman–Crippen MR) is 79.4 cm³/mol. The van der Waals surface area contributed by atoms with Crippen LogP contribution >= 0.6 is 0 Å². The van der Waals surface area contributed by atoms with E-state index in [1.54, 1.807) is 6.26 Å². The van der Waals surface area contributed by atoms with Crippen molar-refractivity contribution < 1.29 is 4.52 Å². The summed E-state index contributed by atoms with van der Waals surface area (Å²) in [7, 11) is 0. The van der Waals surface area contributed by atoms with Gasteiger partial charge in [-0.15, -0.1) is 0 Å². The first kappa shape index (κ1) is 14.1.